The van der Waals surface area contributed by atoms with Gasteiger partial charge in [-0.1, -0.05) is 35.9 Å². The van der Waals surface area contributed by atoms with Gasteiger partial charge < -0.3 is 10.4 Å². The van der Waals surface area contributed by atoms with Gasteiger partial charge in [0, 0.05) is 18.8 Å². The number of alkyl halides is 2. The maximum atomic E-state index is 13.5. The Morgan fingerprint density at radius 3 is 2.42 bits per heavy atom. The van der Waals surface area contributed by atoms with Crippen molar-refractivity contribution in [2.24, 2.45) is 5.92 Å². The van der Waals surface area contributed by atoms with Crippen LogP contribution < -0.4 is 11.0 Å². The zero-order chi connectivity index (χ0) is 26.8. The van der Waals surface area contributed by atoms with E-state index < -0.39 is 18.0 Å². The number of para-hydroxylation sites is 2. The van der Waals surface area contributed by atoms with Crippen LogP contribution in [-0.2, 0) is 13.2 Å². The third-order valence-corrected chi connectivity index (χ3v) is 7.38. The van der Waals surface area contributed by atoms with Crippen molar-refractivity contribution in [3.05, 3.63) is 93.1 Å². The lowest BCUT2D eigenvalue weighted by Crippen LogP contribution is -2.39. The molecule has 38 heavy (non-hydrogen) atoms. The molecule has 2 aromatic carbocycles. The van der Waals surface area contributed by atoms with Crippen LogP contribution in [0, 0.1) is 5.92 Å². The molecule has 1 amide bonds. The monoisotopic (exact) mass is 540 g/mol. The van der Waals surface area contributed by atoms with Gasteiger partial charge in [0.05, 0.1) is 33.9 Å². The molecular formula is C28H27ClF2N4O3. The quantitative estimate of drug-likeness (QED) is 0.335. The summed E-state index contributed by atoms with van der Waals surface area (Å²) < 4.78 is 30.1. The SMILES string of the molecule is O=C(NC1CCC(Cn2c(=O)n(-c3ccc(CO)cc3)c3ccccc32)CC1)c1cc(Cl)cnc1C(F)F. The molecule has 2 heterocycles. The first-order valence-electron chi connectivity index (χ1n) is 12.5. The first-order valence-corrected chi connectivity index (χ1v) is 12.9. The van der Waals surface area contributed by atoms with Crippen LogP contribution in [0.15, 0.2) is 65.6 Å². The van der Waals surface area contributed by atoms with Gasteiger partial charge >= 0.3 is 5.69 Å². The first kappa shape index (κ1) is 26.1. The number of fused-ring (bicyclic) bond motifs is 1. The number of carbonyl (C=O) groups is 1. The van der Waals surface area contributed by atoms with Gasteiger partial charge in [0.1, 0.15) is 5.69 Å². The third-order valence-electron chi connectivity index (χ3n) is 7.17. The lowest BCUT2D eigenvalue weighted by molar-refractivity contribution is 0.0904. The van der Waals surface area contributed by atoms with Crippen LogP contribution >= 0.6 is 11.6 Å². The second kappa shape index (κ2) is 11.0. The van der Waals surface area contributed by atoms with Gasteiger partial charge in [0.2, 0.25) is 0 Å². The van der Waals surface area contributed by atoms with E-state index in [-0.39, 0.29) is 34.8 Å². The molecule has 198 valence electrons. The van der Waals surface area contributed by atoms with Crippen LogP contribution in [-0.4, -0.2) is 31.2 Å². The minimum atomic E-state index is -2.88. The number of rotatable bonds is 7. The summed E-state index contributed by atoms with van der Waals surface area (Å²) in [6, 6.07) is 16.0. The fraction of sp³-hybridized carbons (Fsp3) is 0.321. The highest BCUT2D eigenvalue weighted by atomic mass is 35.5. The van der Waals surface area contributed by atoms with Gasteiger partial charge in [-0.15, -0.1) is 0 Å². The fourth-order valence-corrected chi connectivity index (χ4v) is 5.36. The van der Waals surface area contributed by atoms with Crippen LogP contribution in [0.1, 0.15) is 53.7 Å². The summed E-state index contributed by atoms with van der Waals surface area (Å²) in [6.45, 7) is 0.471. The molecule has 0 spiro atoms. The Kier molecular flexibility index (Phi) is 7.58. The molecule has 1 aliphatic carbocycles. The van der Waals surface area contributed by atoms with E-state index in [2.05, 4.69) is 10.3 Å². The van der Waals surface area contributed by atoms with Crippen LogP contribution in [0.4, 0.5) is 8.78 Å². The number of halogens is 3. The number of imidazole rings is 1. The zero-order valence-electron chi connectivity index (χ0n) is 20.5. The van der Waals surface area contributed by atoms with E-state index in [0.717, 1.165) is 41.3 Å². The number of hydrogen-bond donors (Lipinski definition) is 2. The molecule has 5 rings (SSSR count). The largest absolute Gasteiger partial charge is 0.392 e. The fourth-order valence-electron chi connectivity index (χ4n) is 5.20. The number of pyridine rings is 1. The second-order valence-corrected chi connectivity index (χ2v) is 10.1. The predicted molar refractivity (Wildman–Crippen MR) is 141 cm³/mol. The summed E-state index contributed by atoms with van der Waals surface area (Å²) >= 11 is 5.89. The molecule has 0 aliphatic heterocycles. The van der Waals surface area contributed by atoms with Crippen molar-refractivity contribution < 1.29 is 18.7 Å². The molecule has 0 atom stereocenters. The van der Waals surface area contributed by atoms with Gasteiger partial charge in [0.15, 0.2) is 0 Å². The van der Waals surface area contributed by atoms with Gasteiger partial charge in [-0.25, -0.2) is 13.6 Å². The molecule has 0 unspecified atom stereocenters. The minimum Gasteiger partial charge on any atom is -0.392 e. The molecule has 0 radical (unpaired) electrons. The van der Waals surface area contributed by atoms with Crippen molar-refractivity contribution in [2.45, 2.75) is 51.3 Å². The smallest absolute Gasteiger partial charge is 0.333 e. The Morgan fingerprint density at radius 1 is 1.08 bits per heavy atom. The van der Waals surface area contributed by atoms with E-state index >= 15 is 0 Å². The average Bonchev–Trinajstić information content (AvgIpc) is 3.20. The summed E-state index contributed by atoms with van der Waals surface area (Å²) in [7, 11) is 0. The molecule has 10 heteroatoms. The van der Waals surface area contributed by atoms with Crippen molar-refractivity contribution in [2.75, 3.05) is 0 Å². The Labute approximate surface area is 222 Å². The van der Waals surface area contributed by atoms with Crippen molar-refractivity contribution in [3.8, 4) is 5.69 Å². The Morgan fingerprint density at radius 2 is 1.76 bits per heavy atom. The lowest BCUT2D eigenvalue weighted by Gasteiger charge is -2.29. The van der Waals surface area contributed by atoms with Crippen LogP contribution in [0.5, 0.6) is 0 Å². The number of aliphatic hydroxyl groups excluding tert-OH is 1. The predicted octanol–water partition coefficient (Wildman–Crippen LogP) is 5.26. The number of amides is 1. The number of hydrogen-bond acceptors (Lipinski definition) is 4. The van der Waals surface area contributed by atoms with E-state index in [0.29, 0.717) is 19.4 Å². The van der Waals surface area contributed by atoms with Crippen LogP contribution in [0.3, 0.4) is 0 Å². The lowest BCUT2D eigenvalue weighted by atomic mass is 9.85. The van der Waals surface area contributed by atoms with Crippen molar-refractivity contribution in [3.63, 3.8) is 0 Å². The Bertz CT molecular complexity index is 1510. The topological polar surface area (TPSA) is 89.2 Å². The summed E-state index contributed by atoms with van der Waals surface area (Å²) in [6.07, 6.45) is 1.12. The summed E-state index contributed by atoms with van der Waals surface area (Å²) in [4.78, 5) is 29.9. The van der Waals surface area contributed by atoms with Crippen molar-refractivity contribution >= 4 is 28.5 Å². The molecule has 0 bridgehead atoms. The first-order chi connectivity index (χ1) is 18.4. The zero-order valence-corrected chi connectivity index (χ0v) is 21.2. The maximum Gasteiger partial charge on any atom is 0.333 e. The van der Waals surface area contributed by atoms with E-state index in [4.69, 9.17) is 11.6 Å². The highest BCUT2D eigenvalue weighted by Gasteiger charge is 2.27. The summed E-state index contributed by atoms with van der Waals surface area (Å²) in [5, 5.41) is 12.3. The van der Waals surface area contributed by atoms with Gasteiger partial charge in [-0.3, -0.25) is 18.9 Å². The number of nitrogens with zero attached hydrogens (tertiary/aromatic N) is 3. The highest BCUT2D eigenvalue weighted by Crippen LogP contribution is 2.29. The third kappa shape index (κ3) is 5.21. The molecule has 1 fully saturated rings. The molecule has 1 aliphatic rings. The van der Waals surface area contributed by atoms with Crippen LogP contribution in [0.2, 0.25) is 5.02 Å². The normalized spacial score (nSPS) is 17.7. The summed E-state index contributed by atoms with van der Waals surface area (Å²) in [5.41, 5.74) is 2.22. The number of aromatic nitrogens is 3. The number of benzene rings is 2. The van der Waals surface area contributed by atoms with Crippen molar-refractivity contribution in [1.82, 2.24) is 19.4 Å². The minimum absolute atomic E-state index is 0.0660. The van der Waals surface area contributed by atoms with Crippen molar-refractivity contribution in [1.29, 1.82) is 0 Å². The molecule has 4 aromatic rings. The van der Waals surface area contributed by atoms with E-state index in [1.807, 2.05) is 36.4 Å². The molecule has 2 aromatic heterocycles. The van der Waals surface area contributed by atoms with Crippen LogP contribution in [0.25, 0.3) is 16.7 Å². The van der Waals surface area contributed by atoms with Gasteiger partial charge in [-0.2, -0.15) is 0 Å². The number of nitrogens with one attached hydrogen (secondary N) is 1. The van der Waals surface area contributed by atoms with E-state index in [1.165, 1.54) is 6.07 Å². The standard InChI is InChI=1S/C28H27ClF2N4O3/c29-19-13-22(25(26(30)31)32-14-19)27(37)33-20-9-5-17(6-10-20)15-34-23-3-1-2-4-24(23)35(28(34)38)21-11-7-18(16-36)8-12-21/h1-4,7-8,11-14,17,20,26,36H,5-6,9-10,15-16H2,(H,33,37). The Balaban J connectivity index is 1.30. The summed E-state index contributed by atoms with van der Waals surface area (Å²) in [5.74, 6) is -0.383. The van der Waals surface area contributed by atoms with E-state index in [9.17, 15) is 23.5 Å². The molecule has 0 saturated heterocycles. The number of aliphatic hydroxyl groups is 1. The number of carbonyl (C=O) groups excluding carboxylic acids is 1. The van der Waals surface area contributed by atoms with Gasteiger partial charge in [0.25, 0.3) is 12.3 Å². The average molecular weight is 541 g/mol. The Hall–Kier alpha value is -3.56. The molecule has 1 saturated carbocycles. The maximum absolute atomic E-state index is 13.5. The molecular weight excluding hydrogens is 514 g/mol. The molecule has 7 nitrogen and oxygen atoms in total. The second-order valence-electron chi connectivity index (χ2n) is 9.62. The molecule has 2 N–H and O–H groups in total. The highest BCUT2D eigenvalue weighted by molar-refractivity contribution is 6.30. The van der Waals surface area contributed by atoms with Gasteiger partial charge in [-0.05, 0) is 67.5 Å². The van der Waals surface area contributed by atoms with E-state index in [1.54, 1.807) is 21.3 Å².